The number of hydrogen-bond donors (Lipinski definition) is 2. The second-order valence-electron chi connectivity index (χ2n) is 6.54. The van der Waals surface area contributed by atoms with E-state index in [9.17, 15) is 14.4 Å². The molecule has 0 spiro atoms. The van der Waals surface area contributed by atoms with E-state index in [0.29, 0.717) is 16.9 Å². The normalized spacial score (nSPS) is 13.9. The third kappa shape index (κ3) is 5.57. The Labute approximate surface area is 163 Å². The number of ether oxygens (including phenoxy) is 2. The van der Waals surface area contributed by atoms with Crippen molar-refractivity contribution in [2.75, 3.05) is 0 Å². The van der Waals surface area contributed by atoms with Crippen LogP contribution in [0.5, 0.6) is 5.75 Å². The number of carbonyl (C=O) groups excluding carboxylic acids is 3. The van der Waals surface area contributed by atoms with Crippen LogP contribution < -0.4 is 15.4 Å². The van der Waals surface area contributed by atoms with Gasteiger partial charge in [-0.2, -0.15) is 0 Å². The molecule has 2 aromatic carbocycles. The van der Waals surface area contributed by atoms with E-state index in [4.69, 9.17) is 9.47 Å². The molecule has 146 valence electrons. The van der Waals surface area contributed by atoms with Crippen LogP contribution in [0.4, 0.5) is 4.79 Å². The van der Waals surface area contributed by atoms with Gasteiger partial charge in [0.15, 0.2) is 6.10 Å². The zero-order chi connectivity index (χ0) is 19.9. The predicted octanol–water partition coefficient (Wildman–Crippen LogP) is 2.80. The average molecular weight is 382 g/mol. The van der Waals surface area contributed by atoms with Crippen LogP contribution in [0.2, 0.25) is 0 Å². The molecule has 2 N–H and O–H groups in total. The first-order chi connectivity index (χ1) is 13.5. The quantitative estimate of drug-likeness (QED) is 0.718. The van der Waals surface area contributed by atoms with Gasteiger partial charge in [-0.3, -0.25) is 10.1 Å². The topological polar surface area (TPSA) is 93.7 Å². The van der Waals surface area contributed by atoms with Crippen LogP contribution in [0.3, 0.4) is 0 Å². The van der Waals surface area contributed by atoms with Crippen molar-refractivity contribution in [3.8, 4) is 5.75 Å². The van der Waals surface area contributed by atoms with Gasteiger partial charge in [-0.1, -0.05) is 36.4 Å². The fourth-order valence-electron chi connectivity index (χ4n) is 2.46. The molecule has 1 atom stereocenters. The molecule has 0 radical (unpaired) electrons. The largest absolute Gasteiger partial charge is 0.489 e. The average Bonchev–Trinajstić information content (AvgIpc) is 3.51. The number of carbonyl (C=O) groups is 3. The first-order valence-corrected chi connectivity index (χ1v) is 9.11. The fourth-order valence-corrected chi connectivity index (χ4v) is 2.46. The summed E-state index contributed by atoms with van der Waals surface area (Å²) in [6.07, 6.45) is 0.711. The van der Waals surface area contributed by atoms with Crippen molar-refractivity contribution in [3.63, 3.8) is 0 Å². The Morgan fingerprint density at radius 3 is 2.43 bits per heavy atom. The lowest BCUT2D eigenvalue weighted by Crippen LogP contribution is -2.45. The molecule has 28 heavy (non-hydrogen) atoms. The number of urea groups is 1. The maximum absolute atomic E-state index is 12.5. The van der Waals surface area contributed by atoms with Gasteiger partial charge >= 0.3 is 12.0 Å². The van der Waals surface area contributed by atoms with E-state index in [1.807, 2.05) is 30.3 Å². The lowest BCUT2D eigenvalue weighted by atomic mass is 10.1. The molecule has 7 heteroatoms. The zero-order valence-corrected chi connectivity index (χ0v) is 15.5. The summed E-state index contributed by atoms with van der Waals surface area (Å²) in [5.41, 5.74) is 0.941. The molecule has 3 amide bonds. The smallest absolute Gasteiger partial charge is 0.339 e. The molecule has 0 saturated heterocycles. The number of hydrogen-bond acceptors (Lipinski definition) is 5. The number of rotatable bonds is 7. The van der Waals surface area contributed by atoms with Crippen LogP contribution in [-0.2, 0) is 16.1 Å². The van der Waals surface area contributed by atoms with E-state index in [2.05, 4.69) is 10.6 Å². The lowest BCUT2D eigenvalue weighted by molar-refractivity contribution is -0.127. The molecule has 1 saturated carbocycles. The zero-order valence-electron chi connectivity index (χ0n) is 15.5. The second-order valence-corrected chi connectivity index (χ2v) is 6.54. The lowest BCUT2D eigenvalue weighted by Gasteiger charge is -2.15. The molecule has 0 aromatic heterocycles. The highest BCUT2D eigenvalue weighted by Crippen LogP contribution is 2.18. The van der Waals surface area contributed by atoms with E-state index < -0.39 is 24.0 Å². The summed E-state index contributed by atoms with van der Waals surface area (Å²) in [6.45, 7) is 1.60. The van der Waals surface area contributed by atoms with Crippen molar-refractivity contribution >= 4 is 17.9 Å². The van der Waals surface area contributed by atoms with Crippen LogP contribution >= 0.6 is 0 Å². The molecule has 1 unspecified atom stereocenters. The van der Waals surface area contributed by atoms with Crippen molar-refractivity contribution in [1.29, 1.82) is 0 Å². The van der Waals surface area contributed by atoms with Gasteiger partial charge in [0, 0.05) is 11.6 Å². The van der Waals surface area contributed by atoms with Crippen LogP contribution in [0.1, 0.15) is 35.7 Å². The number of nitrogens with one attached hydrogen (secondary N) is 2. The first kappa shape index (κ1) is 19.4. The number of esters is 1. The van der Waals surface area contributed by atoms with Gasteiger partial charge in [0.05, 0.1) is 5.56 Å². The molecule has 1 fully saturated rings. The summed E-state index contributed by atoms with van der Waals surface area (Å²) < 4.78 is 10.9. The van der Waals surface area contributed by atoms with Gasteiger partial charge in [-0.15, -0.1) is 0 Å². The minimum atomic E-state index is -1.11. The molecular formula is C21H22N2O5. The third-order valence-electron chi connectivity index (χ3n) is 4.18. The Balaban J connectivity index is 1.57. The van der Waals surface area contributed by atoms with E-state index >= 15 is 0 Å². The van der Waals surface area contributed by atoms with E-state index in [1.165, 1.54) is 6.92 Å². The number of amides is 3. The maximum Gasteiger partial charge on any atom is 0.339 e. The van der Waals surface area contributed by atoms with Crippen LogP contribution in [0.15, 0.2) is 54.6 Å². The summed E-state index contributed by atoms with van der Waals surface area (Å²) in [5.74, 6) is -0.651. The summed E-state index contributed by atoms with van der Waals surface area (Å²) in [7, 11) is 0. The Morgan fingerprint density at radius 1 is 1.04 bits per heavy atom. The van der Waals surface area contributed by atoms with Crippen molar-refractivity contribution in [3.05, 3.63) is 65.7 Å². The molecule has 0 bridgehead atoms. The Morgan fingerprint density at radius 2 is 1.71 bits per heavy atom. The highest BCUT2D eigenvalue weighted by atomic mass is 16.5. The van der Waals surface area contributed by atoms with Gasteiger partial charge in [-0.25, -0.2) is 9.59 Å². The summed E-state index contributed by atoms with van der Waals surface area (Å²) in [6, 6.07) is 15.6. The van der Waals surface area contributed by atoms with Gasteiger partial charge in [0.25, 0.3) is 5.91 Å². The first-order valence-electron chi connectivity index (χ1n) is 9.11. The monoisotopic (exact) mass is 382 g/mol. The summed E-state index contributed by atoms with van der Waals surface area (Å²) in [5, 5.41) is 4.82. The molecule has 0 heterocycles. The Bertz CT molecular complexity index is 849. The van der Waals surface area contributed by atoms with E-state index in [-0.39, 0.29) is 12.6 Å². The minimum Gasteiger partial charge on any atom is -0.489 e. The Hall–Kier alpha value is -3.35. The fraction of sp³-hybridized carbons (Fsp3) is 0.286. The highest BCUT2D eigenvalue weighted by Gasteiger charge is 2.26. The number of imide groups is 1. The van der Waals surface area contributed by atoms with Gasteiger partial charge < -0.3 is 14.8 Å². The van der Waals surface area contributed by atoms with Gasteiger partial charge in [-0.05, 0) is 38.0 Å². The van der Waals surface area contributed by atoms with Crippen LogP contribution in [0.25, 0.3) is 0 Å². The van der Waals surface area contributed by atoms with Crippen molar-refractivity contribution in [2.24, 2.45) is 0 Å². The van der Waals surface area contributed by atoms with E-state index in [0.717, 1.165) is 12.8 Å². The highest BCUT2D eigenvalue weighted by molar-refractivity contribution is 5.99. The van der Waals surface area contributed by atoms with Gasteiger partial charge in [0.1, 0.15) is 12.4 Å². The second kappa shape index (κ2) is 9.03. The Kier molecular flexibility index (Phi) is 6.26. The number of para-hydroxylation sites is 1. The molecule has 2 aromatic rings. The molecular weight excluding hydrogens is 360 g/mol. The van der Waals surface area contributed by atoms with Crippen molar-refractivity contribution in [2.45, 2.75) is 38.5 Å². The summed E-state index contributed by atoms with van der Waals surface area (Å²) >= 11 is 0. The van der Waals surface area contributed by atoms with Gasteiger partial charge in [0.2, 0.25) is 0 Å². The molecule has 1 aliphatic rings. The minimum absolute atomic E-state index is 0.127. The van der Waals surface area contributed by atoms with Crippen molar-refractivity contribution < 1.29 is 23.9 Å². The molecule has 3 rings (SSSR count). The van der Waals surface area contributed by atoms with Crippen molar-refractivity contribution in [1.82, 2.24) is 10.6 Å². The molecule has 1 aliphatic carbocycles. The predicted molar refractivity (Wildman–Crippen MR) is 102 cm³/mol. The number of benzene rings is 2. The van der Waals surface area contributed by atoms with E-state index in [1.54, 1.807) is 24.3 Å². The third-order valence-corrected chi connectivity index (χ3v) is 4.18. The molecule has 7 nitrogen and oxygen atoms in total. The SMILES string of the molecule is CC(OC(=O)c1ccccc1COc1ccccc1)C(=O)NC(=O)NC1CC1. The maximum atomic E-state index is 12.5. The summed E-state index contributed by atoms with van der Waals surface area (Å²) in [4.78, 5) is 36.2. The standard InChI is InChI=1S/C21H22N2O5/c1-14(19(24)23-21(26)22-16-11-12-16)28-20(25)18-10-6-5-7-15(18)13-27-17-8-3-2-4-9-17/h2-10,14,16H,11-13H2,1H3,(H2,22,23,24,26). The van der Waals surface area contributed by atoms with Crippen LogP contribution in [0, 0.1) is 0 Å². The van der Waals surface area contributed by atoms with Crippen LogP contribution in [-0.4, -0.2) is 30.1 Å². The molecule has 0 aliphatic heterocycles.